The Kier molecular flexibility index (Phi) is 29.8. The highest BCUT2D eigenvalue weighted by atomic mass is 31.2. The Balaban J connectivity index is 3.61. The lowest BCUT2D eigenvalue weighted by Gasteiger charge is -2.18. The molecule has 260 valence electrons. The van der Waals surface area contributed by atoms with E-state index in [1.54, 1.807) is 7.11 Å². The van der Waals surface area contributed by atoms with E-state index in [-0.39, 0.29) is 19.3 Å². The fourth-order valence-electron chi connectivity index (χ4n) is 4.50. The zero-order valence-corrected chi connectivity index (χ0v) is 28.5. The summed E-state index contributed by atoms with van der Waals surface area (Å²) in [4.78, 5) is 20.2. The number of carbonyl (C=O) groups is 1. The number of carboxylic acids is 1. The van der Waals surface area contributed by atoms with Crippen molar-refractivity contribution in [3.05, 3.63) is 24.3 Å². The number of aliphatic hydroxyl groups is 1. The van der Waals surface area contributed by atoms with Gasteiger partial charge in [-0.15, -0.1) is 0 Å². The summed E-state index contributed by atoms with van der Waals surface area (Å²) in [5, 5.41) is 18.6. The van der Waals surface area contributed by atoms with Crippen molar-refractivity contribution < 1.29 is 43.0 Å². The Morgan fingerprint density at radius 1 is 0.727 bits per heavy atom. The molecule has 0 aromatic carbocycles. The molecule has 0 rings (SSSR count). The molecule has 11 heteroatoms. The third-order valence-electron chi connectivity index (χ3n) is 7.32. The van der Waals surface area contributed by atoms with Crippen LogP contribution in [0.5, 0.6) is 0 Å². The number of allylic oxidation sites excluding steroid dienone is 4. The Bertz CT molecular complexity index is 766. The molecule has 0 aliphatic carbocycles. The van der Waals surface area contributed by atoms with Gasteiger partial charge in [0.2, 0.25) is 0 Å². The van der Waals surface area contributed by atoms with Crippen LogP contribution in [-0.2, 0) is 27.9 Å². The van der Waals surface area contributed by atoms with Crippen LogP contribution in [0.2, 0.25) is 0 Å². The average molecular weight is 650 g/mol. The van der Waals surface area contributed by atoms with Gasteiger partial charge in [0.05, 0.1) is 32.5 Å². The Labute approximate surface area is 267 Å². The molecule has 0 aromatic rings. The molecule has 0 spiro atoms. The molecular formula is C33H64NO9P. The number of hydrogen-bond donors (Lipinski definition) is 4. The van der Waals surface area contributed by atoms with Gasteiger partial charge in [-0.25, -0.2) is 4.57 Å². The van der Waals surface area contributed by atoms with Crippen molar-refractivity contribution in [1.29, 1.82) is 0 Å². The van der Waals surface area contributed by atoms with Crippen molar-refractivity contribution in [2.24, 2.45) is 5.73 Å². The van der Waals surface area contributed by atoms with Crippen LogP contribution in [-0.4, -0.2) is 72.9 Å². The lowest BCUT2D eigenvalue weighted by Crippen LogP contribution is -2.34. The second-order valence-electron chi connectivity index (χ2n) is 11.5. The quantitative estimate of drug-likeness (QED) is 0.0319. The van der Waals surface area contributed by atoms with E-state index in [2.05, 4.69) is 40.3 Å². The smallest absolute Gasteiger partial charge is 0.472 e. The van der Waals surface area contributed by atoms with Gasteiger partial charge in [-0.1, -0.05) is 102 Å². The van der Waals surface area contributed by atoms with E-state index in [1.807, 2.05) is 0 Å². The van der Waals surface area contributed by atoms with Crippen LogP contribution in [0.15, 0.2) is 24.3 Å². The van der Waals surface area contributed by atoms with Crippen LogP contribution in [0.3, 0.4) is 0 Å². The minimum atomic E-state index is -4.54. The van der Waals surface area contributed by atoms with Crippen molar-refractivity contribution in [3.8, 4) is 0 Å². The van der Waals surface area contributed by atoms with Crippen LogP contribution in [0.25, 0.3) is 0 Å². The summed E-state index contributed by atoms with van der Waals surface area (Å²) in [6.45, 7) is 1.18. The predicted molar refractivity (Wildman–Crippen MR) is 177 cm³/mol. The molecule has 4 atom stereocenters. The summed E-state index contributed by atoms with van der Waals surface area (Å²) in [6.07, 6.45) is 31.9. The molecule has 0 heterocycles. The first-order chi connectivity index (χ1) is 21.2. The minimum Gasteiger partial charge on any atom is -0.480 e. The van der Waals surface area contributed by atoms with Crippen LogP contribution < -0.4 is 5.73 Å². The summed E-state index contributed by atoms with van der Waals surface area (Å²) >= 11 is 0. The van der Waals surface area contributed by atoms with Crippen molar-refractivity contribution >= 4 is 13.8 Å². The maximum Gasteiger partial charge on any atom is 0.472 e. The van der Waals surface area contributed by atoms with E-state index in [4.69, 9.17) is 20.3 Å². The van der Waals surface area contributed by atoms with Gasteiger partial charge < -0.3 is 30.3 Å². The van der Waals surface area contributed by atoms with Crippen LogP contribution in [0, 0.1) is 0 Å². The summed E-state index contributed by atoms with van der Waals surface area (Å²) < 4.78 is 31.8. The van der Waals surface area contributed by atoms with Crippen molar-refractivity contribution in [3.63, 3.8) is 0 Å². The van der Waals surface area contributed by atoms with E-state index < -0.39 is 39.2 Å². The van der Waals surface area contributed by atoms with E-state index in [0.717, 1.165) is 19.3 Å². The van der Waals surface area contributed by atoms with E-state index in [1.165, 1.54) is 103 Å². The molecular weight excluding hydrogens is 585 g/mol. The van der Waals surface area contributed by atoms with E-state index >= 15 is 0 Å². The highest BCUT2D eigenvalue weighted by molar-refractivity contribution is 7.47. The molecule has 0 aliphatic rings. The lowest BCUT2D eigenvalue weighted by atomic mass is 10.0. The summed E-state index contributed by atoms with van der Waals surface area (Å²) in [7, 11) is -2.93. The first kappa shape index (κ1) is 42.9. The molecule has 0 fully saturated rings. The molecule has 0 saturated heterocycles. The van der Waals surface area contributed by atoms with E-state index in [9.17, 15) is 19.4 Å². The molecule has 0 aromatic heterocycles. The average Bonchev–Trinajstić information content (AvgIpc) is 3.00. The number of ether oxygens (including phenoxy) is 2. The molecule has 5 N–H and O–H groups in total. The third kappa shape index (κ3) is 29.6. The molecule has 0 radical (unpaired) electrons. The van der Waals surface area contributed by atoms with Crippen molar-refractivity contribution in [1.82, 2.24) is 0 Å². The Morgan fingerprint density at radius 2 is 1.18 bits per heavy atom. The van der Waals surface area contributed by atoms with Crippen molar-refractivity contribution in [2.45, 2.75) is 147 Å². The number of carboxylic acid groups (broad SMARTS) is 1. The number of aliphatic hydroxyl groups excluding tert-OH is 1. The number of unbranched alkanes of at least 4 members (excludes halogenated alkanes) is 15. The van der Waals surface area contributed by atoms with Crippen LogP contribution in [0.4, 0.5) is 0 Å². The summed E-state index contributed by atoms with van der Waals surface area (Å²) in [5.41, 5.74) is 5.21. The standard InChI is InChI=1S/C33H64NO9P/c1-3-4-5-6-7-8-9-10-11-12-13-14-15-16-17-18-19-20-21-22-23-24-25-31(40-2)28-41-26-30(35)27-42-44(38,39)43-29-32(34)33(36)37/h8-9,22-23,30-32,35H,3-7,10-21,24-29,34H2,1-2H3,(H,36,37)(H,38,39)/b9-8-,23-22-/t30-,31?,32+/m1/s1. The zero-order valence-electron chi connectivity index (χ0n) is 27.6. The first-order valence-electron chi connectivity index (χ1n) is 16.9. The van der Waals surface area contributed by atoms with Crippen LogP contribution >= 0.6 is 7.82 Å². The number of nitrogens with two attached hydrogens (primary N) is 1. The number of phosphoric acid groups is 1. The van der Waals surface area contributed by atoms with Gasteiger partial charge >= 0.3 is 13.8 Å². The monoisotopic (exact) mass is 649 g/mol. The molecule has 44 heavy (non-hydrogen) atoms. The molecule has 0 bridgehead atoms. The SMILES string of the molecule is CCCCCC/C=C\CCCCCCCCCCCC/C=C\CCC(COC[C@@H](O)COP(=O)(O)OC[C@H](N)C(=O)O)OC. The fourth-order valence-corrected chi connectivity index (χ4v) is 5.28. The number of aliphatic carboxylic acids is 1. The van der Waals surface area contributed by atoms with Gasteiger partial charge in [0.25, 0.3) is 0 Å². The van der Waals surface area contributed by atoms with Gasteiger partial charge in [0.1, 0.15) is 12.1 Å². The second-order valence-corrected chi connectivity index (χ2v) is 13.0. The molecule has 0 aliphatic heterocycles. The number of phosphoric ester groups is 1. The van der Waals surface area contributed by atoms with Gasteiger partial charge in [-0.05, 0) is 51.4 Å². The third-order valence-corrected chi connectivity index (χ3v) is 8.27. The van der Waals surface area contributed by atoms with Crippen molar-refractivity contribution in [2.75, 3.05) is 33.5 Å². The van der Waals surface area contributed by atoms with Gasteiger partial charge in [-0.2, -0.15) is 0 Å². The van der Waals surface area contributed by atoms with Crippen LogP contribution in [0.1, 0.15) is 129 Å². The van der Waals surface area contributed by atoms with Gasteiger partial charge in [0.15, 0.2) is 0 Å². The van der Waals surface area contributed by atoms with E-state index in [0.29, 0.717) is 0 Å². The second kappa shape index (κ2) is 30.5. The number of methoxy groups -OCH3 is 1. The fraction of sp³-hybridized carbons (Fsp3) is 0.848. The zero-order chi connectivity index (χ0) is 32.7. The molecule has 10 nitrogen and oxygen atoms in total. The first-order valence-corrected chi connectivity index (χ1v) is 18.4. The Morgan fingerprint density at radius 3 is 1.66 bits per heavy atom. The predicted octanol–water partition coefficient (Wildman–Crippen LogP) is 7.47. The number of hydrogen-bond acceptors (Lipinski definition) is 8. The topological polar surface area (TPSA) is 158 Å². The normalized spacial score (nSPS) is 15.6. The molecule has 0 saturated carbocycles. The lowest BCUT2D eigenvalue weighted by molar-refractivity contribution is -0.139. The highest BCUT2D eigenvalue weighted by Gasteiger charge is 2.25. The minimum absolute atomic E-state index is 0.123. The molecule has 0 amide bonds. The number of rotatable bonds is 33. The summed E-state index contributed by atoms with van der Waals surface area (Å²) in [5.74, 6) is -1.37. The Hall–Kier alpha value is -1.10. The summed E-state index contributed by atoms with van der Waals surface area (Å²) in [6, 6.07) is -1.46. The maximum absolute atomic E-state index is 11.7. The largest absolute Gasteiger partial charge is 0.480 e. The molecule has 2 unspecified atom stereocenters. The van der Waals surface area contributed by atoms with Gasteiger partial charge in [0, 0.05) is 7.11 Å². The van der Waals surface area contributed by atoms with Gasteiger partial charge in [-0.3, -0.25) is 13.8 Å². The maximum atomic E-state index is 11.7. The highest BCUT2D eigenvalue weighted by Crippen LogP contribution is 2.43.